The van der Waals surface area contributed by atoms with Gasteiger partial charge in [-0.1, -0.05) is 41.6 Å². The lowest BCUT2D eigenvalue weighted by Gasteiger charge is -2.16. The molecular weight excluding hydrogens is 420 g/mol. The minimum absolute atomic E-state index is 0.0805. The maximum Gasteiger partial charge on any atom is 0.234 e. The number of carbonyl (C=O) groups excluding carboxylic acids is 1. The second kappa shape index (κ2) is 9.53. The minimum Gasteiger partial charge on any atom is -0.482 e. The quantitative estimate of drug-likeness (QED) is 0.503. The summed E-state index contributed by atoms with van der Waals surface area (Å²) in [5, 5.41) is 12.8. The molecule has 3 aromatic rings. The number of thioether (sulfide) groups is 1. The number of aromatic nitrogens is 3. The van der Waals surface area contributed by atoms with Crippen LogP contribution in [0.25, 0.3) is 0 Å². The van der Waals surface area contributed by atoms with Gasteiger partial charge >= 0.3 is 0 Å². The zero-order valence-electron chi connectivity index (χ0n) is 17.7. The lowest BCUT2D eigenvalue weighted by atomic mass is 10.1. The highest BCUT2D eigenvalue weighted by Crippen LogP contribution is 2.28. The Morgan fingerprint density at radius 2 is 1.87 bits per heavy atom. The number of ether oxygens (including phenoxy) is 1. The average molecular weight is 445 g/mol. The fourth-order valence-corrected chi connectivity index (χ4v) is 4.06. The molecule has 8 heteroatoms. The van der Waals surface area contributed by atoms with Crippen molar-refractivity contribution in [2.75, 3.05) is 11.1 Å². The molecule has 158 valence electrons. The van der Waals surface area contributed by atoms with Crippen molar-refractivity contribution in [1.82, 2.24) is 14.8 Å². The first-order valence-corrected chi connectivity index (χ1v) is 10.9. The van der Waals surface area contributed by atoms with E-state index in [2.05, 4.69) is 15.5 Å². The third-order valence-corrected chi connectivity index (χ3v) is 6.01. The number of rotatable bonds is 7. The third kappa shape index (κ3) is 5.15. The summed E-state index contributed by atoms with van der Waals surface area (Å²) in [6.07, 6.45) is -0.305. The molecule has 0 aliphatic heterocycles. The van der Waals surface area contributed by atoms with Gasteiger partial charge < -0.3 is 14.6 Å². The van der Waals surface area contributed by atoms with Gasteiger partial charge in [-0.15, -0.1) is 10.2 Å². The smallest absolute Gasteiger partial charge is 0.234 e. The molecular formula is C22H25ClN4O2S. The second-order valence-corrected chi connectivity index (χ2v) is 8.55. The summed E-state index contributed by atoms with van der Waals surface area (Å²) in [5.41, 5.74) is 3.90. The molecule has 0 radical (unpaired) electrons. The molecule has 2 aromatic carbocycles. The summed E-state index contributed by atoms with van der Waals surface area (Å²) >= 11 is 7.35. The van der Waals surface area contributed by atoms with Crippen LogP contribution in [0.15, 0.2) is 41.6 Å². The number of aryl methyl sites for hydroxylation is 3. The molecule has 0 spiro atoms. The molecule has 0 fully saturated rings. The Kier molecular flexibility index (Phi) is 7.05. The van der Waals surface area contributed by atoms with Gasteiger partial charge in [0.15, 0.2) is 17.1 Å². The first-order chi connectivity index (χ1) is 14.3. The molecule has 0 aliphatic rings. The highest BCUT2D eigenvalue weighted by Gasteiger charge is 2.19. The first kappa shape index (κ1) is 22.2. The highest BCUT2D eigenvalue weighted by molar-refractivity contribution is 7.99. The van der Waals surface area contributed by atoms with E-state index in [0.717, 1.165) is 28.1 Å². The molecule has 0 saturated heterocycles. The Morgan fingerprint density at radius 3 is 2.53 bits per heavy atom. The molecule has 1 aromatic heterocycles. The van der Waals surface area contributed by atoms with Crippen molar-refractivity contribution in [2.45, 2.75) is 39.0 Å². The first-order valence-electron chi connectivity index (χ1n) is 9.57. The second-order valence-electron chi connectivity index (χ2n) is 7.17. The van der Waals surface area contributed by atoms with Crippen molar-refractivity contribution in [3.63, 3.8) is 0 Å². The average Bonchev–Trinajstić information content (AvgIpc) is 3.06. The van der Waals surface area contributed by atoms with Gasteiger partial charge in [-0.05, 0) is 62.6 Å². The molecule has 1 atom stereocenters. The van der Waals surface area contributed by atoms with E-state index in [1.54, 1.807) is 6.07 Å². The molecule has 0 aliphatic carbocycles. The lowest BCUT2D eigenvalue weighted by Crippen LogP contribution is -2.16. The van der Waals surface area contributed by atoms with Crippen LogP contribution in [-0.2, 0) is 11.8 Å². The van der Waals surface area contributed by atoms with E-state index < -0.39 is 0 Å². The van der Waals surface area contributed by atoms with E-state index in [1.165, 1.54) is 11.8 Å². The van der Waals surface area contributed by atoms with E-state index in [9.17, 15) is 4.79 Å². The summed E-state index contributed by atoms with van der Waals surface area (Å²) < 4.78 is 7.89. The van der Waals surface area contributed by atoms with Crippen LogP contribution in [-0.4, -0.2) is 26.4 Å². The maximum atomic E-state index is 12.4. The van der Waals surface area contributed by atoms with Crippen molar-refractivity contribution in [3.05, 3.63) is 63.9 Å². The van der Waals surface area contributed by atoms with Gasteiger partial charge in [0.25, 0.3) is 0 Å². The molecule has 30 heavy (non-hydrogen) atoms. The summed E-state index contributed by atoms with van der Waals surface area (Å²) in [6.45, 7) is 7.82. The number of halogens is 1. The van der Waals surface area contributed by atoms with E-state index in [0.29, 0.717) is 16.0 Å². The van der Waals surface area contributed by atoms with E-state index >= 15 is 0 Å². The Labute approximate surface area is 186 Å². The van der Waals surface area contributed by atoms with Crippen molar-refractivity contribution < 1.29 is 9.53 Å². The number of para-hydroxylation sites is 1. The molecule has 1 unspecified atom stereocenters. The van der Waals surface area contributed by atoms with Crippen molar-refractivity contribution in [3.8, 4) is 5.75 Å². The molecule has 1 heterocycles. The summed E-state index contributed by atoms with van der Waals surface area (Å²) in [5.74, 6) is 1.59. The molecule has 1 amide bonds. The van der Waals surface area contributed by atoms with Crippen LogP contribution in [0.3, 0.4) is 0 Å². The lowest BCUT2D eigenvalue weighted by molar-refractivity contribution is -0.113. The summed E-state index contributed by atoms with van der Waals surface area (Å²) in [6, 6.07) is 11.4. The minimum atomic E-state index is -0.305. The number of carbonyl (C=O) groups is 1. The zero-order valence-corrected chi connectivity index (χ0v) is 19.3. The maximum absolute atomic E-state index is 12.4. The van der Waals surface area contributed by atoms with Crippen molar-refractivity contribution in [1.29, 1.82) is 0 Å². The van der Waals surface area contributed by atoms with Gasteiger partial charge in [-0.3, -0.25) is 4.79 Å². The topological polar surface area (TPSA) is 69.0 Å². The van der Waals surface area contributed by atoms with E-state index in [-0.39, 0.29) is 17.8 Å². The fourth-order valence-electron chi connectivity index (χ4n) is 3.11. The predicted octanol–water partition coefficient (Wildman–Crippen LogP) is 5.26. The van der Waals surface area contributed by atoms with Crippen LogP contribution in [0.2, 0.25) is 5.02 Å². The van der Waals surface area contributed by atoms with Crippen LogP contribution in [0, 0.1) is 20.8 Å². The van der Waals surface area contributed by atoms with Gasteiger partial charge in [0.05, 0.1) is 5.75 Å². The molecule has 0 saturated carbocycles. The molecule has 0 bridgehead atoms. The van der Waals surface area contributed by atoms with Crippen molar-refractivity contribution >= 4 is 35.0 Å². The highest BCUT2D eigenvalue weighted by atomic mass is 35.5. The van der Waals surface area contributed by atoms with Gasteiger partial charge in [0.1, 0.15) is 5.75 Å². The van der Waals surface area contributed by atoms with Gasteiger partial charge in [-0.25, -0.2) is 0 Å². The molecule has 1 N–H and O–H groups in total. The Hall–Kier alpha value is -2.51. The summed E-state index contributed by atoms with van der Waals surface area (Å²) in [4.78, 5) is 12.4. The SMILES string of the molecule is Cc1cc(Cl)ccc1OC(C)c1nnc(SCC(=O)Nc2c(C)cccc2C)n1C. The number of benzene rings is 2. The number of anilines is 1. The number of nitrogens with one attached hydrogen (secondary N) is 1. The van der Waals surface area contributed by atoms with Crippen molar-refractivity contribution in [2.24, 2.45) is 7.05 Å². The number of hydrogen-bond donors (Lipinski definition) is 1. The van der Waals surface area contributed by atoms with Crippen LogP contribution >= 0.6 is 23.4 Å². The third-order valence-electron chi connectivity index (χ3n) is 4.75. The van der Waals surface area contributed by atoms with Crippen LogP contribution < -0.4 is 10.1 Å². The monoisotopic (exact) mass is 444 g/mol. The largest absolute Gasteiger partial charge is 0.482 e. The van der Waals surface area contributed by atoms with Crippen LogP contribution in [0.5, 0.6) is 5.75 Å². The standard InChI is InChI=1S/C22H25ClN4O2S/c1-13-7-6-8-14(2)20(13)24-19(28)12-30-22-26-25-21(27(22)5)16(4)29-18-10-9-17(23)11-15(18)3/h6-11,16H,12H2,1-5H3,(H,24,28). The summed E-state index contributed by atoms with van der Waals surface area (Å²) in [7, 11) is 1.87. The predicted molar refractivity (Wildman–Crippen MR) is 122 cm³/mol. The number of nitrogens with zero attached hydrogens (tertiary/aromatic N) is 3. The Morgan fingerprint density at radius 1 is 1.17 bits per heavy atom. The zero-order chi connectivity index (χ0) is 21.8. The van der Waals surface area contributed by atoms with E-state index in [1.807, 2.05) is 69.6 Å². The number of hydrogen-bond acceptors (Lipinski definition) is 5. The molecule has 6 nitrogen and oxygen atoms in total. The van der Waals surface area contributed by atoms with E-state index in [4.69, 9.17) is 16.3 Å². The molecule has 3 rings (SSSR count). The normalized spacial score (nSPS) is 11.9. The fraction of sp³-hybridized carbons (Fsp3) is 0.318. The van der Waals surface area contributed by atoms with Gasteiger partial charge in [0, 0.05) is 17.8 Å². The Bertz CT molecular complexity index is 1050. The van der Waals surface area contributed by atoms with Gasteiger partial charge in [0.2, 0.25) is 5.91 Å². The number of amides is 1. The van der Waals surface area contributed by atoms with Crippen LogP contribution in [0.4, 0.5) is 5.69 Å². The van der Waals surface area contributed by atoms with Crippen LogP contribution in [0.1, 0.15) is 35.5 Å². The van der Waals surface area contributed by atoms with Gasteiger partial charge in [-0.2, -0.15) is 0 Å². The Balaban J connectivity index is 1.63.